The summed E-state index contributed by atoms with van der Waals surface area (Å²) in [6.45, 7) is 6.27. The summed E-state index contributed by atoms with van der Waals surface area (Å²) in [5, 5.41) is 5.97. The molecule has 1 unspecified atom stereocenters. The van der Waals surface area contributed by atoms with Gasteiger partial charge in [0.05, 0.1) is 6.54 Å². The van der Waals surface area contributed by atoms with Crippen LogP contribution in [-0.4, -0.2) is 50.1 Å². The molecule has 4 nitrogen and oxygen atoms in total. The molecule has 1 heterocycles. The van der Waals surface area contributed by atoms with Crippen molar-refractivity contribution < 1.29 is 4.79 Å². The van der Waals surface area contributed by atoms with Crippen LogP contribution in [0.15, 0.2) is 0 Å². The van der Waals surface area contributed by atoms with Gasteiger partial charge in [-0.25, -0.2) is 0 Å². The van der Waals surface area contributed by atoms with Crippen molar-refractivity contribution in [1.82, 2.24) is 15.5 Å². The summed E-state index contributed by atoms with van der Waals surface area (Å²) in [7, 11) is 1.68. The number of nitrogens with one attached hydrogen (secondary N) is 2. The fourth-order valence-electron chi connectivity index (χ4n) is 2.23. The summed E-state index contributed by atoms with van der Waals surface area (Å²) >= 11 is 0. The molecule has 1 rings (SSSR count). The zero-order valence-corrected chi connectivity index (χ0v) is 10.6. The van der Waals surface area contributed by atoms with Crippen molar-refractivity contribution in [2.75, 3.05) is 33.2 Å². The summed E-state index contributed by atoms with van der Waals surface area (Å²) in [4.78, 5) is 13.7. The standard InChI is InChI=1S/C12H25N3O/c1-3-7-15-8-4-5-11(6-9-15)14-10-12(16)13-2/h11,14H,3-10H2,1-2H3,(H,13,16). The number of rotatable bonds is 5. The van der Waals surface area contributed by atoms with Crippen LogP contribution < -0.4 is 10.6 Å². The van der Waals surface area contributed by atoms with E-state index in [2.05, 4.69) is 22.5 Å². The largest absolute Gasteiger partial charge is 0.358 e. The Bertz CT molecular complexity index is 208. The molecule has 0 aromatic rings. The van der Waals surface area contributed by atoms with Crippen LogP contribution in [0.3, 0.4) is 0 Å². The predicted molar refractivity (Wildman–Crippen MR) is 66.4 cm³/mol. The lowest BCUT2D eigenvalue weighted by atomic mass is 10.1. The zero-order valence-electron chi connectivity index (χ0n) is 10.6. The SMILES string of the molecule is CCCN1CCCC(NCC(=O)NC)CC1. The lowest BCUT2D eigenvalue weighted by Crippen LogP contribution is -2.38. The normalized spacial score (nSPS) is 22.8. The van der Waals surface area contributed by atoms with Crippen LogP contribution in [0.1, 0.15) is 32.6 Å². The summed E-state index contributed by atoms with van der Waals surface area (Å²) in [5.41, 5.74) is 0. The van der Waals surface area contributed by atoms with E-state index in [4.69, 9.17) is 0 Å². The van der Waals surface area contributed by atoms with Gasteiger partial charge in [0.1, 0.15) is 0 Å². The van der Waals surface area contributed by atoms with E-state index in [1.807, 2.05) is 0 Å². The van der Waals surface area contributed by atoms with E-state index in [-0.39, 0.29) is 5.91 Å². The fraction of sp³-hybridized carbons (Fsp3) is 0.917. The zero-order chi connectivity index (χ0) is 11.8. The fourth-order valence-corrected chi connectivity index (χ4v) is 2.23. The number of likely N-dealkylation sites (tertiary alicyclic amines) is 1. The lowest BCUT2D eigenvalue weighted by Gasteiger charge is -2.19. The van der Waals surface area contributed by atoms with Crippen molar-refractivity contribution in [2.24, 2.45) is 0 Å². The topological polar surface area (TPSA) is 44.4 Å². The highest BCUT2D eigenvalue weighted by atomic mass is 16.1. The van der Waals surface area contributed by atoms with Gasteiger partial charge in [-0.2, -0.15) is 0 Å². The third-order valence-electron chi connectivity index (χ3n) is 3.19. The second-order valence-electron chi connectivity index (χ2n) is 4.52. The highest BCUT2D eigenvalue weighted by molar-refractivity contribution is 5.77. The van der Waals surface area contributed by atoms with E-state index in [1.54, 1.807) is 7.05 Å². The third kappa shape index (κ3) is 4.94. The number of nitrogens with zero attached hydrogens (tertiary/aromatic N) is 1. The molecular formula is C12H25N3O. The molecule has 0 aromatic heterocycles. The molecule has 16 heavy (non-hydrogen) atoms. The molecule has 1 aliphatic rings. The number of hydrogen-bond donors (Lipinski definition) is 2. The maximum absolute atomic E-state index is 11.1. The van der Waals surface area contributed by atoms with E-state index in [0.29, 0.717) is 12.6 Å². The molecule has 0 radical (unpaired) electrons. The second kappa shape index (κ2) is 7.63. The first-order valence-electron chi connectivity index (χ1n) is 6.42. The average molecular weight is 227 g/mol. The molecule has 94 valence electrons. The molecule has 4 heteroatoms. The Hall–Kier alpha value is -0.610. The van der Waals surface area contributed by atoms with Crippen molar-refractivity contribution in [3.63, 3.8) is 0 Å². The molecule has 1 saturated heterocycles. The van der Waals surface area contributed by atoms with Gasteiger partial charge in [-0.3, -0.25) is 4.79 Å². The summed E-state index contributed by atoms with van der Waals surface area (Å²) < 4.78 is 0. The van der Waals surface area contributed by atoms with Crippen LogP contribution in [0.4, 0.5) is 0 Å². The summed E-state index contributed by atoms with van der Waals surface area (Å²) in [5.74, 6) is 0.0784. The molecule has 1 atom stereocenters. The van der Waals surface area contributed by atoms with Crippen molar-refractivity contribution in [3.8, 4) is 0 Å². The highest BCUT2D eigenvalue weighted by Gasteiger charge is 2.16. The number of carbonyl (C=O) groups excluding carboxylic acids is 1. The Morgan fingerprint density at radius 2 is 2.19 bits per heavy atom. The molecule has 2 N–H and O–H groups in total. The average Bonchev–Trinajstić information content (AvgIpc) is 2.52. The van der Waals surface area contributed by atoms with Gasteiger partial charge in [-0.05, 0) is 45.3 Å². The first-order chi connectivity index (χ1) is 7.76. The van der Waals surface area contributed by atoms with E-state index >= 15 is 0 Å². The third-order valence-corrected chi connectivity index (χ3v) is 3.19. The minimum atomic E-state index is 0.0784. The van der Waals surface area contributed by atoms with Gasteiger partial charge in [0.2, 0.25) is 5.91 Å². The minimum absolute atomic E-state index is 0.0784. The minimum Gasteiger partial charge on any atom is -0.358 e. The Morgan fingerprint density at radius 3 is 2.88 bits per heavy atom. The van der Waals surface area contributed by atoms with Gasteiger partial charge >= 0.3 is 0 Å². The molecule has 1 amide bonds. The summed E-state index contributed by atoms with van der Waals surface area (Å²) in [6, 6.07) is 0.513. The molecule has 0 aliphatic carbocycles. The number of likely N-dealkylation sites (N-methyl/N-ethyl adjacent to an activating group) is 1. The predicted octanol–water partition coefficient (Wildman–Crippen LogP) is 0.587. The summed E-state index contributed by atoms with van der Waals surface area (Å²) in [6.07, 6.45) is 4.83. The number of amides is 1. The van der Waals surface area contributed by atoms with E-state index in [9.17, 15) is 4.79 Å². The van der Waals surface area contributed by atoms with Gasteiger partial charge in [0.25, 0.3) is 0 Å². The van der Waals surface area contributed by atoms with E-state index in [1.165, 1.54) is 38.9 Å². The van der Waals surface area contributed by atoms with E-state index in [0.717, 1.165) is 6.42 Å². The Balaban J connectivity index is 2.22. The molecule has 0 spiro atoms. The Labute approximate surface area is 98.8 Å². The van der Waals surface area contributed by atoms with Gasteiger partial charge in [0.15, 0.2) is 0 Å². The molecule has 1 fully saturated rings. The second-order valence-corrected chi connectivity index (χ2v) is 4.52. The van der Waals surface area contributed by atoms with Crippen molar-refractivity contribution >= 4 is 5.91 Å². The van der Waals surface area contributed by atoms with Gasteiger partial charge in [-0.15, -0.1) is 0 Å². The van der Waals surface area contributed by atoms with E-state index < -0.39 is 0 Å². The van der Waals surface area contributed by atoms with Crippen LogP contribution in [0.25, 0.3) is 0 Å². The number of hydrogen-bond acceptors (Lipinski definition) is 3. The van der Waals surface area contributed by atoms with Crippen molar-refractivity contribution in [1.29, 1.82) is 0 Å². The van der Waals surface area contributed by atoms with Gasteiger partial charge in [0, 0.05) is 13.1 Å². The molecule has 0 aromatic carbocycles. The van der Waals surface area contributed by atoms with Crippen LogP contribution in [0.5, 0.6) is 0 Å². The highest BCUT2D eigenvalue weighted by Crippen LogP contribution is 2.10. The monoisotopic (exact) mass is 227 g/mol. The molecule has 0 saturated carbocycles. The lowest BCUT2D eigenvalue weighted by molar-refractivity contribution is -0.119. The first kappa shape index (κ1) is 13.5. The van der Waals surface area contributed by atoms with Crippen LogP contribution in [0, 0.1) is 0 Å². The molecule has 0 bridgehead atoms. The molecule has 1 aliphatic heterocycles. The Kier molecular flexibility index (Phi) is 6.42. The first-order valence-corrected chi connectivity index (χ1v) is 6.42. The van der Waals surface area contributed by atoms with Crippen molar-refractivity contribution in [3.05, 3.63) is 0 Å². The van der Waals surface area contributed by atoms with Crippen LogP contribution in [0.2, 0.25) is 0 Å². The number of carbonyl (C=O) groups is 1. The maximum atomic E-state index is 11.1. The quantitative estimate of drug-likeness (QED) is 0.722. The van der Waals surface area contributed by atoms with Gasteiger partial charge < -0.3 is 15.5 Å². The van der Waals surface area contributed by atoms with Crippen LogP contribution >= 0.6 is 0 Å². The van der Waals surface area contributed by atoms with Crippen molar-refractivity contribution in [2.45, 2.75) is 38.6 Å². The molecular weight excluding hydrogens is 202 g/mol. The van der Waals surface area contributed by atoms with Crippen LogP contribution in [-0.2, 0) is 4.79 Å². The Morgan fingerprint density at radius 1 is 1.38 bits per heavy atom. The maximum Gasteiger partial charge on any atom is 0.233 e. The smallest absolute Gasteiger partial charge is 0.233 e. The van der Waals surface area contributed by atoms with Gasteiger partial charge in [-0.1, -0.05) is 6.92 Å².